The number of anilines is 2. The van der Waals surface area contributed by atoms with E-state index in [0.29, 0.717) is 65.5 Å². The van der Waals surface area contributed by atoms with Crippen molar-refractivity contribution >= 4 is 39.0 Å². The molecular weight excluding hydrogens is 436 g/mol. The predicted octanol–water partition coefficient (Wildman–Crippen LogP) is 3.42. The Morgan fingerprint density at radius 2 is 2.09 bits per heavy atom. The number of carbonyl (C=O) groups is 1. The molecule has 0 bridgehead atoms. The van der Waals surface area contributed by atoms with Crippen LogP contribution in [0.25, 0.3) is 10.2 Å². The SMILES string of the molecule is COCCOc1ccc(Nc2ncnc3sc(C(=O)O)c(C)c23)c(OC2CCOCC2)n1. The van der Waals surface area contributed by atoms with Gasteiger partial charge in [-0.2, -0.15) is 4.98 Å². The fraction of sp³-hybridized carbons (Fsp3) is 0.429. The summed E-state index contributed by atoms with van der Waals surface area (Å²) in [5, 5.41) is 13.4. The molecule has 10 nitrogen and oxygen atoms in total. The summed E-state index contributed by atoms with van der Waals surface area (Å²) < 4.78 is 22.3. The molecule has 0 spiro atoms. The highest BCUT2D eigenvalue weighted by atomic mass is 32.1. The van der Waals surface area contributed by atoms with E-state index in [9.17, 15) is 9.90 Å². The average molecular weight is 461 g/mol. The number of aromatic carboxylic acids is 1. The second-order valence-corrected chi connectivity index (χ2v) is 8.16. The fourth-order valence-electron chi connectivity index (χ4n) is 3.37. The monoisotopic (exact) mass is 460 g/mol. The van der Waals surface area contributed by atoms with Crippen LogP contribution in [0.4, 0.5) is 11.5 Å². The van der Waals surface area contributed by atoms with E-state index in [4.69, 9.17) is 18.9 Å². The van der Waals surface area contributed by atoms with Gasteiger partial charge in [0.25, 0.3) is 0 Å². The minimum Gasteiger partial charge on any atom is -0.477 e. The molecule has 4 rings (SSSR count). The van der Waals surface area contributed by atoms with Gasteiger partial charge in [-0.05, 0) is 18.6 Å². The molecule has 1 aliphatic heterocycles. The molecule has 1 fully saturated rings. The van der Waals surface area contributed by atoms with Crippen LogP contribution in [0.15, 0.2) is 18.5 Å². The van der Waals surface area contributed by atoms with E-state index in [1.165, 1.54) is 6.33 Å². The zero-order valence-electron chi connectivity index (χ0n) is 17.8. The summed E-state index contributed by atoms with van der Waals surface area (Å²) >= 11 is 1.12. The number of carboxylic acid groups (broad SMARTS) is 1. The lowest BCUT2D eigenvalue weighted by molar-refractivity contribution is 0.0237. The first-order valence-corrected chi connectivity index (χ1v) is 11.0. The third-order valence-corrected chi connectivity index (χ3v) is 6.18. The van der Waals surface area contributed by atoms with Gasteiger partial charge < -0.3 is 29.4 Å². The predicted molar refractivity (Wildman–Crippen MR) is 118 cm³/mol. The Morgan fingerprint density at radius 1 is 1.28 bits per heavy atom. The highest BCUT2D eigenvalue weighted by Crippen LogP contribution is 2.36. The third kappa shape index (κ3) is 4.90. The first-order chi connectivity index (χ1) is 15.6. The number of carboxylic acids is 1. The molecule has 170 valence electrons. The average Bonchev–Trinajstić information content (AvgIpc) is 3.14. The van der Waals surface area contributed by atoms with Gasteiger partial charge in [0.05, 0.1) is 25.2 Å². The molecule has 0 aromatic carbocycles. The van der Waals surface area contributed by atoms with Crippen LogP contribution in [0.1, 0.15) is 28.1 Å². The number of ether oxygens (including phenoxy) is 4. The number of aromatic nitrogens is 3. The molecule has 4 heterocycles. The van der Waals surface area contributed by atoms with Gasteiger partial charge in [-0.1, -0.05) is 0 Å². The fourth-order valence-corrected chi connectivity index (χ4v) is 4.36. The van der Waals surface area contributed by atoms with Crippen molar-refractivity contribution in [3.8, 4) is 11.8 Å². The van der Waals surface area contributed by atoms with E-state index < -0.39 is 5.97 Å². The molecule has 1 saturated heterocycles. The zero-order valence-corrected chi connectivity index (χ0v) is 18.6. The number of nitrogens with one attached hydrogen (secondary N) is 1. The third-order valence-electron chi connectivity index (χ3n) is 4.99. The van der Waals surface area contributed by atoms with E-state index in [-0.39, 0.29) is 11.0 Å². The molecule has 2 N–H and O–H groups in total. The lowest BCUT2D eigenvalue weighted by Crippen LogP contribution is -2.26. The van der Waals surface area contributed by atoms with Crippen LogP contribution in [-0.4, -0.2) is 65.7 Å². The van der Waals surface area contributed by atoms with Crippen molar-refractivity contribution in [3.63, 3.8) is 0 Å². The summed E-state index contributed by atoms with van der Waals surface area (Å²) in [5.74, 6) is 0.300. The lowest BCUT2D eigenvalue weighted by Gasteiger charge is -2.24. The molecule has 0 aliphatic carbocycles. The summed E-state index contributed by atoms with van der Waals surface area (Å²) in [6, 6.07) is 3.54. The summed E-state index contributed by atoms with van der Waals surface area (Å²) in [7, 11) is 1.61. The molecule has 1 aliphatic rings. The molecule has 0 radical (unpaired) electrons. The molecular formula is C21H24N4O6S. The highest BCUT2D eigenvalue weighted by Gasteiger charge is 2.22. The van der Waals surface area contributed by atoms with E-state index in [2.05, 4.69) is 20.3 Å². The molecule has 0 unspecified atom stereocenters. The second-order valence-electron chi connectivity index (χ2n) is 7.16. The molecule has 0 saturated carbocycles. The number of nitrogens with zero attached hydrogens (tertiary/aromatic N) is 3. The Morgan fingerprint density at radius 3 is 2.84 bits per heavy atom. The Bertz CT molecular complexity index is 1100. The van der Waals surface area contributed by atoms with Crippen molar-refractivity contribution in [3.05, 3.63) is 28.9 Å². The second kappa shape index (κ2) is 10.1. The minimum atomic E-state index is -0.987. The standard InChI is InChI=1S/C21H24N4O6S/c1-12-16-18(22-11-23-20(16)32-17(12)21(26)27)24-14-3-4-15(30-10-9-28-2)25-19(14)31-13-5-7-29-8-6-13/h3-4,11,13H,5-10H2,1-2H3,(H,26,27)(H,22,23,24). The molecule has 0 amide bonds. The van der Waals surface area contributed by atoms with Crippen molar-refractivity contribution < 1.29 is 28.8 Å². The van der Waals surface area contributed by atoms with Gasteiger partial charge in [-0.15, -0.1) is 11.3 Å². The van der Waals surface area contributed by atoms with Crippen molar-refractivity contribution in [1.82, 2.24) is 15.0 Å². The Kier molecular flexibility index (Phi) is 6.98. The number of rotatable bonds is 9. The summed E-state index contributed by atoms with van der Waals surface area (Å²) in [6.45, 7) is 3.83. The highest BCUT2D eigenvalue weighted by molar-refractivity contribution is 7.20. The summed E-state index contributed by atoms with van der Waals surface area (Å²) in [6.07, 6.45) is 2.90. The number of fused-ring (bicyclic) bond motifs is 1. The van der Waals surface area contributed by atoms with Crippen molar-refractivity contribution in [1.29, 1.82) is 0 Å². The van der Waals surface area contributed by atoms with Gasteiger partial charge in [0.15, 0.2) is 0 Å². The maximum Gasteiger partial charge on any atom is 0.346 e. The Hall–Kier alpha value is -3.02. The first kappa shape index (κ1) is 22.2. The van der Waals surface area contributed by atoms with Gasteiger partial charge in [0.1, 0.15) is 40.3 Å². The summed E-state index contributed by atoms with van der Waals surface area (Å²) in [4.78, 5) is 25.5. The summed E-state index contributed by atoms with van der Waals surface area (Å²) in [5.41, 5.74) is 1.21. The number of aryl methyl sites for hydroxylation is 1. The van der Waals surface area contributed by atoms with Crippen LogP contribution in [0.5, 0.6) is 11.8 Å². The molecule has 11 heteroatoms. The largest absolute Gasteiger partial charge is 0.477 e. The quantitative estimate of drug-likeness (QED) is 0.459. The normalized spacial score (nSPS) is 14.4. The van der Waals surface area contributed by atoms with Gasteiger partial charge in [-0.3, -0.25) is 0 Å². The number of hydrogen-bond donors (Lipinski definition) is 2. The Labute approximate surface area is 188 Å². The minimum absolute atomic E-state index is 0.0297. The van der Waals surface area contributed by atoms with Crippen molar-refractivity contribution in [2.24, 2.45) is 0 Å². The van der Waals surface area contributed by atoms with Crippen LogP contribution in [0, 0.1) is 6.92 Å². The smallest absolute Gasteiger partial charge is 0.346 e. The van der Waals surface area contributed by atoms with Crippen molar-refractivity contribution in [2.45, 2.75) is 25.9 Å². The van der Waals surface area contributed by atoms with Gasteiger partial charge in [0.2, 0.25) is 11.8 Å². The van der Waals surface area contributed by atoms with Crippen LogP contribution in [-0.2, 0) is 9.47 Å². The zero-order chi connectivity index (χ0) is 22.5. The van der Waals surface area contributed by atoms with E-state index in [1.54, 1.807) is 26.2 Å². The molecule has 3 aromatic heterocycles. The van der Waals surface area contributed by atoms with Gasteiger partial charge >= 0.3 is 5.97 Å². The topological polar surface area (TPSA) is 125 Å². The number of methoxy groups -OCH3 is 1. The first-order valence-electron chi connectivity index (χ1n) is 10.2. The maximum atomic E-state index is 11.6. The number of pyridine rings is 1. The molecule has 0 atom stereocenters. The number of hydrogen-bond acceptors (Lipinski definition) is 10. The maximum absolute atomic E-state index is 11.6. The Balaban J connectivity index is 1.66. The van der Waals surface area contributed by atoms with E-state index in [0.717, 1.165) is 24.2 Å². The molecule has 3 aromatic rings. The number of thiophene rings is 1. The van der Waals surface area contributed by atoms with Gasteiger partial charge in [0, 0.05) is 26.0 Å². The molecule has 32 heavy (non-hydrogen) atoms. The lowest BCUT2D eigenvalue weighted by atomic mass is 10.1. The van der Waals surface area contributed by atoms with E-state index in [1.807, 2.05) is 0 Å². The van der Waals surface area contributed by atoms with Crippen LogP contribution in [0.2, 0.25) is 0 Å². The van der Waals surface area contributed by atoms with Crippen molar-refractivity contribution in [2.75, 3.05) is 38.9 Å². The van der Waals surface area contributed by atoms with E-state index >= 15 is 0 Å². The van der Waals surface area contributed by atoms with Gasteiger partial charge in [-0.25, -0.2) is 14.8 Å². The van der Waals surface area contributed by atoms with Crippen LogP contribution in [0.3, 0.4) is 0 Å². The van der Waals surface area contributed by atoms with Crippen LogP contribution >= 0.6 is 11.3 Å². The van der Waals surface area contributed by atoms with Crippen LogP contribution < -0.4 is 14.8 Å².